The highest BCUT2D eigenvalue weighted by molar-refractivity contribution is 5.65. The Kier molecular flexibility index (Phi) is 1.56. The van der Waals surface area contributed by atoms with Crippen LogP contribution in [-0.2, 0) is 0 Å². The fourth-order valence-corrected chi connectivity index (χ4v) is 1.28. The molecule has 0 heterocycles. The topological polar surface area (TPSA) is 69.6 Å². The van der Waals surface area contributed by atoms with Crippen molar-refractivity contribution in [3.8, 4) is 0 Å². The van der Waals surface area contributed by atoms with Crippen molar-refractivity contribution in [1.82, 2.24) is 5.32 Å². The lowest BCUT2D eigenvalue weighted by Gasteiger charge is -2.40. The molecule has 0 spiro atoms. The lowest BCUT2D eigenvalue weighted by Crippen LogP contribution is -2.53. The van der Waals surface area contributed by atoms with Gasteiger partial charge in [0, 0.05) is 6.04 Å². The second-order valence-corrected chi connectivity index (χ2v) is 3.05. The number of rotatable bonds is 1. The van der Waals surface area contributed by atoms with Crippen LogP contribution in [-0.4, -0.2) is 27.9 Å². The SMILES string of the molecule is C[C@]1(O)C[C@H](NC(=O)O)C1. The van der Waals surface area contributed by atoms with Crippen molar-refractivity contribution >= 4 is 6.09 Å². The second kappa shape index (κ2) is 2.12. The summed E-state index contributed by atoms with van der Waals surface area (Å²) in [4.78, 5) is 10.0. The number of hydrogen-bond donors (Lipinski definition) is 3. The Hall–Kier alpha value is -0.770. The lowest BCUT2D eigenvalue weighted by molar-refractivity contribution is -0.0369. The molecule has 0 bridgehead atoms. The van der Waals surface area contributed by atoms with Crippen LogP contribution in [0.3, 0.4) is 0 Å². The number of carbonyl (C=O) groups is 1. The van der Waals surface area contributed by atoms with Gasteiger partial charge in [-0.15, -0.1) is 0 Å². The van der Waals surface area contributed by atoms with Crippen molar-refractivity contribution in [3.63, 3.8) is 0 Å². The van der Waals surface area contributed by atoms with Gasteiger partial charge in [-0.2, -0.15) is 0 Å². The normalized spacial score (nSPS) is 38.4. The third-order valence-corrected chi connectivity index (χ3v) is 1.70. The molecule has 0 aromatic carbocycles. The van der Waals surface area contributed by atoms with Crippen LogP contribution in [0.4, 0.5) is 4.79 Å². The van der Waals surface area contributed by atoms with Gasteiger partial charge in [-0.1, -0.05) is 0 Å². The summed E-state index contributed by atoms with van der Waals surface area (Å²) in [6.07, 6.45) is 0.0407. The molecule has 4 heteroatoms. The minimum absolute atomic E-state index is 0.0486. The van der Waals surface area contributed by atoms with E-state index in [-0.39, 0.29) is 6.04 Å². The van der Waals surface area contributed by atoms with Gasteiger partial charge in [0.2, 0.25) is 0 Å². The highest BCUT2D eigenvalue weighted by Crippen LogP contribution is 2.30. The fraction of sp³-hybridized carbons (Fsp3) is 0.833. The first-order valence-electron chi connectivity index (χ1n) is 3.21. The minimum atomic E-state index is -1.01. The van der Waals surface area contributed by atoms with E-state index < -0.39 is 11.7 Å². The summed E-state index contributed by atoms with van der Waals surface area (Å²) < 4.78 is 0. The summed E-state index contributed by atoms with van der Waals surface area (Å²) in [5.41, 5.74) is -0.646. The molecule has 0 unspecified atom stereocenters. The van der Waals surface area contributed by atoms with Gasteiger partial charge in [0.05, 0.1) is 5.60 Å². The lowest BCUT2D eigenvalue weighted by atomic mass is 9.77. The maximum atomic E-state index is 10.0. The molecule has 4 nitrogen and oxygen atoms in total. The Bertz CT molecular complexity index is 147. The summed E-state index contributed by atoms with van der Waals surface area (Å²) >= 11 is 0. The van der Waals surface area contributed by atoms with Crippen molar-refractivity contribution in [1.29, 1.82) is 0 Å². The number of amides is 1. The zero-order valence-corrected chi connectivity index (χ0v) is 5.79. The first-order chi connectivity index (χ1) is 4.49. The standard InChI is InChI=1S/C6H11NO3/c1-6(10)2-4(3-6)7-5(8)9/h4,7,10H,2-3H2,1H3,(H,8,9)/t4-,6-. The van der Waals surface area contributed by atoms with E-state index in [0.717, 1.165) is 0 Å². The molecule has 0 aromatic heterocycles. The molecule has 0 aromatic rings. The number of hydrogen-bond acceptors (Lipinski definition) is 2. The van der Waals surface area contributed by atoms with Crippen LogP contribution in [0.5, 0.6) is 0 Å². The zero-order valence-electron chi connectivity index (χ0n) is 5.79. The highest BCUT2D eigenvalue weighted by Gasteiger charge is 2.38. The molecule has 58 valence electrons. The molecule has 0 radical (unpaired) electrons. The molecule has 0 aliphatic heterocycles. The largest absolute Gasteiger partial charge is 0.465 e. The third kappa shape index (κ3) is 1.60. The Labute approximate surface area is 58.9 Å². The van der Waals surface area contributed by atoms with E-state index in [9.17, 15) is 4.79 Å². The Morgan fingerprint density at radius 2 is 2.20 bits per heavy atom. The molecule has 3 N–H and O–H groups in total. The molecule has 1 amide bonds. The summed E-state index contributed by atoms with van der Waals surface area (Å²) in [5.74, 6) is 0. The van der Waals surface area contributed by atoms with Crippen LogP contribution in [0.1, 0.15) is 19.8 Å². The van der Waals surface area contributed by atoms with Gasteiger partial charge in [-0.25, -0.2) is 4.79 Å². The maximum Gasteiger partial charge on any atom is 0.404 e. The summed E-state index contributed by atoms with van der Waals surface area (Å²) in [5, 5.41) is 19.7. The van der Waals surface area contributed by atoms with Gasteiger partial charge in [-0.3, -0.25) is 0 Å². The number of nitrogens with one attached hydrogen (secondary N) is 1. The third-order valence-electron chi connectivity index (χ3n) is 1.70. The Balaban J connectivity index is 2.21. The molecule has 10 heavy (non-hydrogen) atoms. The summed E-state index contributed by atoms with van der Waals surface area (Å²) in [6.45, 7) is 1.70. The number of carboxylic acid groups (broad SMARTS) is 1. The summed E-state index contributed by atoms with van der Waals surface area (Å²) in [6, 6.07) is -0.0486. The molecule has 1 aliphatic carbocycles. The molecular weight excluding hydrogens is 134 g/mol. The van der Waals surface area contributed by atoms with Gasteiger partial charge in [0.15, 0.2) is 0 Å². The number of aliphatic hydroxyl groups is 1. The average Bonchev–Trinajstić information content (AvgIpc) is 1.57. The smallest absolute Gasteiger partial charge is 0.404 e. The Morgan fingerprint density at radius 3 is 2.50 bits per heavy atom. The molecule has 1 aliphatic rings. The highest BCUT2D eigenvalue weighted by atomic mass is 16.4. The van der Waals surface area contributed by atoms with Crippen LogP contribution in [0.25, 0.3) is 0 Å². The molecular formula is C6H11NO3. The molecule has 0 saturated heterocycles. The van der Waals surface area contributed by atoms with E-state index in [0.29, 0.717) is 12.8 Å². The van der Waals surface area contributed by atoms with E-state index >= 15 is 0 Å². The quantitative estimate of drug-likeness (QED) is 0.492. The van der Waals surface area contributed by atoms with Crippen LogP contribution >= 0.6 is 0 Å². The predicted molar refractivity (Wildman–Crippen MR) is 34.8 cm³/mol. The van der Waals surface area contributed by atoms with E-state index in [4.69, 9.17) is 10.2 Å². The van der Waals surface area contributed by atoms with Gasteiger partial charge in [0.25, 0.3) is 0 Å². The van der Waals surface area contributed by atoms with Crippen LogP contribution < -0.4 is 5.32 Å². The first kappa shape index (κ1) is 7.34. The van der Waals surface area contributed by atoms with E-state index in [1.54, 1.807) is 6.92 Å². The molecule has 1 rings (SSSR count). The van der Waals surface area contributed by atoms with Crippen molar-refractivity contribution in [2.24, 2.45) is 0 Å². The van der Waals surface area contributed by atoms with E-state index in [1.807, 2.05) is 0 Å². The second-order valence-electron chi connectivity index (χ2n) is 3.05. The summed E-state index contributed by atoms with van der Waals surface area (Å²) in [7, 11) is 0. The van der Waals surface area contributed by atoms with Gasteiger partial charge in [-0.05, 0) is 19.8 Å². The van der Waals surface area contributed by atoms with Crippen LogP contribution in [0.2, 0.25) is 0 Å². The van der Waals surface area contributed by atoms with Crippen molar-refractivity contribution in [3.05, 3.63) is 0 Å². The van der Waals surface area contributed by atoms with E-state index in [1.165, 1.54) is 0 Å². The van der Waals surface area contributed by atoms with Crippen molar-refractivity contribution in [2.45, 2.75) is 31.4 Å². The minimum Gasteiger partial charge on any atom is -0.465 e. The Morgan fingerprint density at radius 1 is 1.70 bits per heavy atom. The van der Waals surface area contributed by atoms with Crippen molar-refractivity contribution in [2.75, 3.05) is 0 Å². The van der Waals surface area contributed by atoms with Crippen molar-refractivity contribution < 1.29 is 15.0 Å². The van der Waals surface area contributed by atoms with Gasteiger partial charge < -0.3 is 15.5 Å². The molecule has 1 fully saturated rings. The molecule has 0 atom stereocenters. The predicted octanol–water partition coefficient (Wildman–Crippen LogP) is 0.167. The van der Waals surface area contributed by atoms with Crippen LogP contribution in [0, 0.1) is 0 Å². The monoisotopic (exact) mass is 145 g/mol. The molecule has 1 saturated carbocycles. The maximum absolute atomic E-state index is 10.0. The first-order valence-corrected chi connectivity index (χ1v) is 3.21. The average molecular weight is 145 g/mol. The van der Waals surface area contributed by atoms with Crippen LogP contribution in [0.15, 0.2) is 0 Å². The van der Waals surface area contributed by atoms with E-state index in [2.05, 4.69) is 5.32 Å². The van der Waals surface area contributed by atoms with Gasteiger partial charge in [0.1, 0.15) is 0 Å². The van der Waals surface area contributed by atoms with Gasteiger partial charge >= 0.3 is 6.09 Å². The fourth-order valence-electron chi connectivity index (χ4n) is 1.28. The zero-order chi connectivity index (χ0) is 7.78.